The first kappa shape index (κ1) is 21.5. The van der Waals surface area contributed by atoms with Crippen molar-refractivity contribution in [3.63, 3.8) is 0 Å². The highest BCUT2D eigenvalue weighted by atomic mass is 16.5. The smallest absolute Gasteiger partial charge is 0.248 e. The van der Waals surface area contributed by atoms with Gasteiger partial charge in [-0.25, -0.2) is 0 Å². The number of rotatable bonds is 6. The Morgan fingerprint density at radius 1 is 0.938 bits per heavy atom. The van der Waals surface area contributed by atoms with E-state index < -0.39 is 5.92 Å². The molecule has 0 aromatic heterocycles. The predicted molar refractivity (Wildman–Crippen MR) is 117 cm³/mol. The van der Waals surface area contributed by atoms with Crippen molar-refractivity contribution in [2.45, 2.75) is 12.8 Å². The lowest BCUT2D eigenvalue weighted by molar-refractivity contribution is -0.157. The number of nitrogens with zero attached hydrogens (tertiary/aromatic N) is 3. The second-order valence-corrected chi connectivity index (χ2v) is 7.97. The molecule has 32 heavy (non-hydrogen) atoms. The van der Waals surface area contributed by atoms with Gasteiger partial charge in [0.1, 0.15) is 18.8 Å². The first-order chi connectivity index (χ1) is 15.5. The zero-order valence-electron chi connectivity index (χ0n) is 17.9. The van der Waals surface area contributed by atoms with Crippen molar-refractivity contribution in [3.8, 4) is 5.75 Å². The van der Waals surface area contributed by atoms with Gasteiger partial charge in [0, 0.05) is 25.2 Å². The molecule has 1 unspecified atom stereocenters. The lowest BCUT2D eigenvalue weighted by atomic mass is 10.1. The fourth-order valence-electron chi connectivity index (χ4n) is 4.13. The number of anilines is 1. The number of carbonyl (C=O) groups excluding carboxylic acids is 4. The van der Waals surface area contributed by atoms with Gasteiger partial charge in [-0.1, -0.05) is 30.3 Å². The van der Waals surface area contributed by atoms with Crippen LogP contribution in [0.1, 0.15) is 12.0 Å². The molecule has 0 aliphatic carbocycles. The van der Waals surface area contributed by atoms with Crippen molar-refractivity contribution in [2.75, 3.05) is 38.2 Å². The zero-order valence-corrected chi connectivity index (χ0v) is 17.9. The molecule has 4 rings (SSSR count). The molecule has 2 aliphatic heterocycles. The van der Waals surface area contributed by atoms with E-state index in [4.69, 9.17) is 4.74 Å². The molecule has 1 atom stereocenters. The summed E-state index contributed by atoms with van der Waals surface area (Å²) in [7, 11) is 1.56. The van der Waals surface area contributed by atoms with E-state index in [2.05, 4.69) is 0 Å². The van der Waals surface area contributed by atoms with Crippen molar-refractivity contribution < 1.29 is 23.9 Å². The lowest BCUT2D eigenvalue weighted by Crippen LogP contribution is -2.57. The Kier molecular flexibility index (Phi) is 6.20. The SMILES string of the molecule is COc1ccc(N2CC(C(=O)N3CC(=O)N(CCc4ccccc4)C(=O)C3)CC2=O)cc1. The van der Waals surface area contributed by atoms with Crippen LogP contribution in [0.5, 0.6) is 5.75 Å². The van der Waals surface area contributed by atoms with Crippen molar-refractivity contribution in [1.82, 2.24) is 9.80 Å². The number of piperazine rings is 1. The highest BCUT2D eigenvalue weighted by Gasteiger charge is 2.41. The van der Waals surface area contributed by atoms with Gasteiger partial charge in [0.05, 0.1) is 13.0 Å². The molecule has 0 N–H and O–H groups in total. The highest BCUT2D eigenvalue weighted by Crippen LogP contribution is 2.28. The van der Waals surface area contributed by atoms with Crippen molar-refractivity contribution >= 4 is 29.3 Å². The van der Waals surface area contributed by atoms with Gasteiger partial charge in [0.25, 0.3) is 0 Å². The molecule has 0 spiro atoms. The third kappa shape index (κ3) is 4.49. The normalized spacial score (nSPS) is 19.0. The third-order valence-corrected chi connectivity index (χ3v) is 5.89. The molecule has 0 bridgehead atoms. The summed E-state index contributed by atoms with van der Waals surface area (Å²) in [6.07, 6.45) is 0.627. The predicted octanol–water partition coefficient (Wildman–Crippen LogP) is 1.49. The van der Waals surface area contributed by atoms with Crippen molar-refractivity contribution in [3.05, 3.63) is 60.2 Å². The van der Waals surface area contributed by atoms with Crippen LogP contribution in [0, 0.1) is 5.92 Å². The highest BCUT2D eigenvalue weighted by molar-refractivity contribution is 6.05. The quantitative estimate of drug-likeness (QED) is 0.642. The van der Waals surface area contributed by atoms with E-state index in [9.17, 15) is 19.2 Å². The molecule has 2 fully saturated rings. The van der Waals surface area contributed by atoms with Gasteiger partial charge in [-0.15, -0.1) is 0 Å². The number of imide groups is 1. The van der Waals surface area contributed by atoms with Crippen molar-refractivity contribution in [1.29, 1.82) is 0 Å². The monoisotopic (exact) mass is 435 g/mol. The summed E-state index contributed by atoms with van der Waals surface area (Å²) in [5, 5.41) is 0. The minimum absolute atomic E-state index is 0.0570. The zero-order chi connectivity index (χ0) is 22.7. The van der Waals surface area contributed by atoms with Crippen LogP contribution in [-0.2, 0) is 25.6 Å². The fourth-order valence-corrected chi connectivity index (χ4v) is 4.13. The van der Waals surface area contributed by atoms with Crippen LogP contribution in [0.25, 0.3) is 0 Å². The lowest BCUT2D eigenvalue weighted by Gasteiger charge is -2.33. The number of ether oxygens (including phenoxy) is 1. The molecule has 0 saturated carbocycles. The molecular formula is C24H25N3O5. The number of carbonyl (C=O) groups is 4. The molecular weight excluding hydrogens is 410 g/mol. The summed E-state index contributed by atoms with van der Waals surface area (Å²) in [5.74, 6) is -1.17. The van der Waals surface area contributed by atoms with E-state index in [1.807, 2.05) is 30.3 Å². The third-order valence-electron chi connectivity index (χ3n) is 5.89. The van der Waals surface area contributed by atoms with Gasteiger partial charge < -0.3 is 14.5 Å². The summed E-state index contributed by atoms with van der Waals surface area (Å²) in [6, 6.07) is 16.7. The van der Waals surface area contributed by atoms with Crippen molar-refractivity contribution in [2.24, 2.45) is 5.92 Å². The summed E-state index contributed by atoms with van der Waals surface area (Å²) < 4.78 is 5.14. The number of methoxy groups -OCH3 is 1. The second kappa shape index (κ2) is 9.21. The molecule has 2 saturated heterocycles. The first-order valence-corrected chi connectivity index (χ1v) is 10.6. The van der Waals surface area contributed by atoms with Gasteiger partial charge in [0.15, 0.2) is 0 Å². The fraction of sp³-hybridized carbons (Fsp3) is 0.333. The Morgan fingerprint density at radius 3 is 2.22 bits per heavy atom. The molecule has 0 radical (unpaired) electrons. The van der Waals surface area contributed by atoms with Crippen LogP contribution in [0.4, 0.5) is 5.69 Å². The minimum Gasteiger partial charge on any atom is -0.497 e. The van der Waals surface area contributed by atoms with Gasteiger partial charge in [-0.3, -0.25) is 24.1 Å². The number of benzene rings is 2. The summed E-state index contributed by atoms with van der Waals surface area (Å²) in [4.78, 5) is 54.7. The maximum atomic E-state index is 13.0. The Morgan fingerprint density at radius 2 is 1.59 bits per heavy atom. The topological polar surface area (TPSA) is 87.2 Å². The van der Waals surface area contributed by atoms with E-state index in [-0.39, 0.29) is 56.2 Å². The average molecular weight is 435 g/mol. The molecule has 2 aliphatic rings. The standard InChI is InChI=1S/C24H25N3O5/c1-32-20-9-7-19(8-10-20)27-14-18(13-21(27)28)24(31)25-15-22(29)26(23(30)16-25)12-11-17-5-3-2-4-6-17/h2-10,18H,11-16H2,1H3. The van der Waals surface area contributed by atoms with Crippen LogP contribution in [0.3, 0.4) is 0 Å². The Balaban J connectivity index is 1.36. The largest absolute Gasteiger partial charge is 0.497 e. The van der Waals surface area contributed by atoms with E-state index in [0.717, 1.165) is 5.56 Å². The molecule has 2 aromatic carbocycles. The molecule has 2 aromatic rings. The van der Waals surface area contributed by atoms with Crippen LogP contribution >= 0.6 is 0 Å². The van der Waals surface area contributed by atoms with Crippen LogP contribution in [0.15, 0.2) is 54.6 Å². The Labute approximate surface area is 186 Å². The number of hydrogen-bond acceptors (Lipinski definition) is 5. The first-order valence-electron chi connectivity index (χ1n) is 10.6. The van der Waals surface area contributed by atoms with E-state index in [1.54, 1.807) is 36.3 Å². The van der Waals surface area contributed by atoms with Gasteiger partial charge in [-0.05, 0) is 36.2 Å². The van der Waals surface area contributed by atoms with Gasteiger partial charge in [-0.2, -0.15) is 0 Å². The van der Waals surface area contributed by atoms with E-state index >= 15 is 0 Å². The summed E-state index contributed by atoms with van der Waals surface area (Å²) >= 11 is 0. The maximum Gasteiger partial charge on any atom is 0.248 e. The van der Waals surface area contributed by atoms with Crippen LogP contribution < -0.4 is 9.64 Å². The Bertz CT molecular complexity index is 1000. The second-order valence-electron chi connectivity index (χ2n) is 7.97. The van der Waals surface area contributed by atoms with Gasteiger partial charge >= 0.3 is 0 Å². The van der Waals surface area contributed by atoms with E-state index in [1.165, 1.54) is 9.80 Å². The summed E-state index contributed by atoms with van der Waals surface area (Å²) in [5.41, 5.74) is 1.72. The van der Waals surface area contributed by atoms with E-state index in [0.29, 0.717) is 17.9 Å². The Hall–Kier alpha value is -3.68. The number of amides is 4. The summed E-state index contributed by atoms with van der Waals surface area (Å²) in [6.45, 7) is 0.219. The average Bonchev–Trinajstić information content (AvgIpc) is 3.20. The molecule has 8 nitrogen and oxygen atoms in total. The number of hydrogen-bond donors (Lipinski definition) is 0. The maximum absolute atomic E-state index is 13.0. The molecule has 2 heterocycles. The van der Waals surface area contributed by atoms with Crippen LogP contribution in [-0.4, -0.2) is 66.7 Å². The van der Waals surface area contributed by atoms with Gasteiger partial charge in [0.2, 0.25) is 23.6 Å². The molecule has 8 heteroatoms. The minimum atomic E-state index is -0.582. The van der Waals surface area contributed by atoms with Crippen LogP contribution in [0.2, 0.25) is 0 Å². The molecule has 166 valence electrons. The molecule has 4 amide bonds.